The number of Topliss-reactive ketones (excluding diaryl/α,β-unsaturated/α-hetero) is 1. The largest absolute Gasteiger partial charge is 0.299 e. The van der Waals surface area contributed by atoms with Crippen LogP contribution < -0.4 is 0 Å². The van der Waals surface area contributed by atoms with Crippen LogP contribution in [0.5, 0.6) is 0 Å². The molecule has 0 spiro atoms. The van der Waals surface area contributed by atoms with Crippen LogP contribution in [0.3, 0.4) is 0 Å². The van der Waals surface area contributed by atoms with Gasteiger partial charge >= 0.3 is 0 Å². The fraction of sp³-hybridized carbons (Fsp3) is 0.739. The Kier molecular flexibility index (Phi) is 3.90. The van der Waals surface area contributed by atoms with E-state index in [0.717, 1.165) is 31.3 Å². The summed E-state index contributed by atoms with van der Waals surface area (Å²) in [6.45, 7) is 8.85. The Morgan fingerprint density at radius 2 is 1.96 bits per heavy atom. The highest BCUT2D eigenvalue weighted by molar-refractivity contribution is 6.05. The molecule has 0 radical (unpaired) electrons. The van der Waals surface area contributed by atoms with E-state index in [-0.39, 0.29) is 16.6 Å². The van der Waals surface area contributed by atoms with Crippen LogP contribution in [0.4, 0.5) is 0 Å². The predicted octanol–water partition coefficient (Wildman–Crippen LogP) is 5.28. The maximum Gasteiger partial charge on any atom is 0.181 e. The molecule has 4 rings (SSSR count). The van der Waals surface area contributed by atoms with Crippen LogP contribution in [-0.4, -0.2) is 11.6 Å². The van der Waals surface area contributed by atoms with Crippen molar-refractivity contribution in [2.75, 3.05) is 0 Å². The summed E-state index contributed by atoms with van der Waals surface area (Å²) >= 11 is 0. The first kappa shape index (κ1) is 17.2. The van der Waals surface area contributed by atoms with Crippen molar-refractivity contribution in [3.63, 3.8) is 0 Å². The molecule has 0 unspecified atom stereocenters. The van der Waals surface area contributed by atoms with Crippen molar-refractivity contribution in [3.05, 3.63) is 23.3 Å². The van der Waals surface area contributed by atoms with E-state index < -0.39 is 0 Å². The molecule has 25 heavy (non-hydrogen) atoms. The van der Waals surface area contributed by atoms with E-state index in [0.29, 0.717) is 29.5 Å². The Bertz CT molecular complexity index is 684. The van der Waals surface area contributed by atoms with Crippen molar-refractivity contribution in [1.82, 2.24) is 0 Å². The molecular formula is C23H32O2. The zero-order valence-electron chi connectivity index (χ0n) is 16.2. The molecule has 0 aromatic rings. The molecule has 3 fully saturated rings. The molecular weight excluding hydrogens is 308 g/mol. The summed E-state index contributed by atoms with van der Waals surface area (Å²) in [6, 6.07) is 0. The van der Waals surface area contributed by atoms with Gasteiger partial charge in [-0.2, -0.15) is 0 Å². The predicted molar refractivity (Wildman–Crippen MR) is 100 cm³/mol. The van der Waals surface area contributed by atoms with E-state index in [4.69, 9.17) is 0 Å². The molecule has 136 valence electrons. The molecule has 2 nitrogen and oxygen atoms in total. The van der Waals surface area contributed by atoms with Crippen LogP contribution in [0, 0.1) is 34.5 Å². The number of hydrogen-bond acceptors (Lipinski definition) is 2. The Hall–Kier alpha value is -1.18. The zero-order chi connectivity index (χ0) is 18.0. The summed E-state index contributed by atoms with van der Waals surface area (Å²) in [6.07, 6.45) is 11.8. The van der Waals surface area contributed by atoms with Crippen molar-refractivity contribution < 1.29 is 9.59 Å². The summed E-state index contributed by atoms with van der Waals surface area (Å²) < 4.78 is 0. The van der Waals surface area contributed by atoms with Crippen LogP contribution in [-0.2, 0) is 9.59 Å². The standard InChI is InChI=1S/C23H32O2/c1-5-6-15-11-20(25)22(3)10-9-18-17(21(15)22)8-7-16-12-19(24)14(2)13-23(16,18)4/h12-13,15,17-18,21H,5-11H2,1-4H3/t15-,17+,18-,21-,22+,23-/m0/s1. The highest BCUT2D eigenvalue weighted by Gasteiger charge is 2.61. The molecule has 0 bridgehead atoms. The van der Waals surface area contributed by atoms with Gasteiger partial charge in [0.25, 0.3) is 0 Å². The molecule has 6 atom stereocenters. The third kappa shape index (κ3) is 2.28. The second-order valence-electron chi connectivity index (χ2n) is 9.61. The average Bonchev–Trinajstić information content (AvgIpc) is 2.80. The van der Waals surface area contributed by atoms with Crippen LogP contribution in [0.2, 0.25) is 0 Å². The molecule has 0 aromatic heterocycles. The molecule has 2 heteroatoms. The first-order chi connectivity index (χ1) is 11.8. The van der Waals surface area contributed by atoms with Crippen molar-refractivity contribution in [2.24, 2.45) is 34.5 Å². The number of fused-ring (bicyclic) bond motifs is 5. The van der Waals surface area contributed by atoms with E-state index >= 15 is 0 Å². The molecule has 4 aliphatic rings. The minimum Gasteiger partial charge on any atom is -0.299 e. The molecule has 0 aliphatic heterocycles. The monoisotopic (exact) mass is 340 g/mol. The van der Waals surface area contributed by atoms with Crippen molar-refractivity contribution >= 4 is 11.6 Å². The summed E-state index contributed by atoms with van der Waals surface area (Å²) in [4.78, 5) is 25.1. The van der Waals surface area contributed by atoms with Gasteiger partial charge in [0.05, 0.1) is 0 Å². The van der Waals surface area contributed by atoms with Crippen LogP contribution in [0.1, 0.15) is 72.6 Å². The van der Waals surface area contributed by atoms with Gasteiger partial charge in [-0.25, -0.2) is 0 Å². The van der Waals surface area contributed by atoms with E-state index in [1.807, 2.05) is 13.0 Å². The highest BCUT2D eigenvalue weighted by atomic mass is 16.1. The normalized spacial score (nSPS) is 46.1. The Morgan fingerprint density at radius 1 is 1.20 bits per heavy atom. The van der Waals surface area contributed by atoms with Gasteiger partial charge in [-0.05, 0) is 74.3 Å². The lowest BCUT2D eigenvalue weighted by Crippen LogP contribution is -2.51. The Balaban J connectivity index is 1.74. The van der Waals surface area contributed by atoms with Gasteiger partial charge < -0.3 is 0 Å². The van der Waals surface area contributed by atoms with E-state index in [2.05, 4.69) is 26.8 Å². The summed E-state index contributed by atoms with van der Waals surface area (Å²) in [5.74, 6) is 3.11. The van der Waals surface area contributed by atoms with Crippen LogP contribution in [0.25, 0.3) is 0 Å². The number of carbonyl (C=O) groups is 2. The minimum absolute atomic E-state index is 0.0324. The number of allylic oxidation sites excluding steroid dienone is 4. The molecule has 3 saturated carbocycles. The number of rotatable bonds is 2. The summed E-state index contributed by atoms with van der Waals surface area (Å²) in [5, 5.41) is 0. The minimum atomic E-state index is -0.0815. The second kappa shape index (κ2) is 5.66. The van der Waals surface area contributed by atoms with E-state index in [9.17, 15) is 9.59 Å². The van der Waals surface area contributed by atoms with Crippen molar-refractivity contribution in [3.8, 4) is 0 Å². The maximum absolute atomic E-state index is 12.9. The van der Waals surface area contributed by atoms with Gasteiger partial charge in [-0.1, -0.05) is 38.8 Å². The number of ketones is 2. The summed E-state index contributed by atoms with van der Waals surface area (Å²) in [7, 11) is 0. The average molecular weight is 341 g/mol. The zero-order valence-corrected chi connectivity index (χ0v) is 16.2. The first-order valence-electron chi connectivity index (χ1n) is 10.3. The van der Waals surface area contributed by atoms with E-state index in [1.165, 1.54) is 24.8 Å². The van der Waals surface area contributed by atoms with Crippen LogP contribution >= 0.6 is 0 Å². The topological polar surface area (TPSA) is 34.1 Å². The number of carbonyl (C=O) groups excluding carboxylic acids is 2. The fourth-order valence-corrected chi connectivity index (χ4v) is 7.18. The van der Waals surface area contributed by atoms with Gasteiger partial charge in [0.1, 0.15) is 5.78 Å². The van der Waals surface area contributed by atoms with Crippen molar-refractivity contribution in [1.29, 1.82) is 0 Å². The van der Waals surface area contributed by atoms with Gasteiger partial charge in [-0.3, -0.25) is 9.59 Å². The van der Waals surface area contributed by atoms with Gasteiger partial charge in [0.2, 0.25) is 0 Å². The quantitative estimate of drug-likeness (QED) is 0.685. The molecule has 0 amide bonds. The summed E-state index contributed by atoms with van der Waals surface area (Å²) in [5.41, 5.74) is 2.21. The Morgan fingerprint density at radius 3 is 2.68 bits per heavy atom. The highest BCUT2D eigenvalue weighted by Crippen LogP contribution is 2.65. The molecule has 0 saturated heterocycles. The third-order valence-corrected chi connectivity index (χ3v) is 8.36. The molecule has 0 aromatic carbocycles. The Labute approximate surface area is 152 Å². The molecule has 4 aliphatic carbocycles. The smallest absolute Gasteiger partial charge is 0.181 e. The number of hydrogen-bond donors (Lipinski definition) is 0. The lowest BCUT2D eigenvalue weighted by Gasteiger charge is -2.56. The maximum atomic E-state index is 12.9. The third-order valence-electron chi connectivity index (χ3n) is 8.36. The van der Waals surface area contributed by atoms with Crippen LogP contribution in [0.15, 0.2) is 23.3 Å². The lowest BCUT2D eigenvalue weighted by atomic mass is 9.47. The SMILES string of the molecule is CCC[C@H]1CC(=O)[C@@]2(C)CC[C@H]3[C@@H](CCC4=CC(=O)C(C)=C[C@@]43C)[C@H]12. The van der Waals surface area contributed by atoms with Crippen molar-refractivity contribution in [2.45, 2.75) is 72.6 Å². The first-order valence-corrected chi connectivity index (χ1v) is 10.3. The van der Waals surface area contributed by atoms with Gasteiger partial charge in [0, 0.05) is 17.3 Å². The second-order valence-corrected chi connectivity index (χ2v) is 9.61. The lowest BCUT2D eigenvalue weighted by molar-refractivity contribution is -0.131. The van der Waals surface area contributed by atoms with Gasteiger partial charge in [0.15, 0.2) is 5.78 Å². The molecule has 0 heterocycles. The van der Waals surface area contributed by atoms with E-state index in [1.54, 1.807) is 0 Å². The van der Waals surface area contributed by atoms with Gasteiger partial charge in [-0.15, -0.1) is 0 Å². The molecule has 0 N–H and O–H groups in total. The fourth-order valence-electron chi connectivity index (χ4n) is 7.18.